The number of nitrogens with zero attached hydrogens (tertiary/aromatic N) is 2. The Hall–Kier alpha value is -4.50. The largest absolute Gasteiger partial charge is 0.354 e. The van der Waals surface area contributed by atoms with Gasteiger partial charge in [0.25, 0.3) is 10.0 Å². The fourth-order valence-electron chi connectivity index (χ4n) is 4.95. The van der Waals surface area contributed by atoms with Gasteiger partial charge in [0.05, 0.1) is 10.6 Å². The standard InChI is InChI=1S/C35H38FN3O4S/c1-3-4-22-37-35(41)33(24-28-15-7-5-8-16-28)38(25-29-17-13-14-27(2)23-29)34(40)26-39(32-21-12-11-20-31(32)36)44(42,43)30-18-9-6-10-19-30/h5-21,23,33H,3-4,22,24-26H2,1-2H3,(H,37,41)/t33-/m0/s1. The topological polar surface area (TPSA) is 86.8 Å². The van der Waals surface area contributed by atoms with Crippen LogP contribution in [-0.2, 0) is 32.6 Å². The lowest BCUT2D eigenvalue weighted by Crippen LogP contribution is -2.53. The van der Waals surface area contributed by atoms with Crippen molar-refractivity contribution < 1.29 is 22.4 Å². The number of sulfonamides is 1. The fraction of sp³-hybridized carbons (Fsp3) is 0.257. The number of hydrogen-bond acceptors (Lipinski definition) is 4. The molecule has 0 unspecified atom stereocenters. The van der Waals surface area contributed by atoms with Crippen molar-refractivity contribution in [3.05, 3.63) is 132 Å². The summed E-state index contributed by atoms with van der Waals surface area (Å²) in [5.74, 6) is -1.77. The molecule has 7 nitrogen and oxygen atoms in total. The first kappa shape index (κ1) is 32.4. The van der Waals surface area contributed by atoms with Gasteiger partial charge in [-0.1, -0.05) is 104 Å². The van der Waals surface area contributed by atoms with Crippen LogP contribution in [0.4, 0.5) is 10.1 Å². The van der Waals surface area contributed by atoms with E-state index in [2.05, 4.69) is 5.32 Å². The number of anilines is 1. The number of halogens is 1. The van der Waals surface area contributed by atoms with Gasteiger partial charge in [0.2, 0.25) is 11.8 Å². The van der Waals surface area contributed by atoms with Crippen LogP contribution in [0.5, 0.6) is 0 Å². The molecule has 230 valence electrons. The zero-order chi connectivity index (χ0) is 31.5. The summed E-state index contributed by atoms with van der Waals surface area (Å²) < 4.78 is 43.8. The van der Waals surface area contributed by atoms with Crippen molar-refractivity contribution in [2.24, 2.45) is 0 Å². The van der Waals surface area contributed by atoms with E-state index in [1.165, 1.54) is 35.2 Å². The molecule has 0 fully saturated rings. The quantitative estimate of drug-likeness (QED) is 0.179. The van der Waals surface area contributed by atoms with E-state index in [4.69, 9.17) is 0 Å². The van der Waals surface area contributed by atoms with E-state index in [1.807, 2.05) is 68.4 Å². The maximum Gasteiger partial charge on any atom is 0.264 e. The van der Waals surface area contributed by atoms with Crippen LogP contribution in [0.15, 0.2) is 114 Å². The summed E-state index contributed by atoms with van der Waals surface area (Å²) in [6.45, 7) is 3.73. The monoisotopic (exact) mass is 615 g/mol. The lowest BCUT2D eigenvalue weighted by molar-refractivity contribution is -0.140. The number of unbranched alkanes of at least 4 members (excludes halogenated alkanes) is 1. The van der Waals surface area contributed by atoms with Crippen molar-refractivity contribution in [1.29, 1.82) is 0 Å². The highest BCUT2D eigenvalue weighted by Gasteiger charge is 2.35. The minimum Gasteiger partial charge on any atom is -0.354 e. The Balaban J connectivity index is 1.79. The zero-order valence-corrected chi connectivity index (χ0v) is 25.8. The molecule has 0 aliphatic carbocycles. The zero-order valence-electron chi connectivity index (χ0n) is 25.0. The summed E-state index contributed by atoms with van der Waals surface area (Å²) in [5.41, 5.74) is 2.34. The van der Waals surface area contributed by atoms with Crippen LogP contribution in [0, 0.1) is 12.7 Å². The Morgan fingerprint density at radius 1 is 0.841 bits per heavy atom. The third-order valence-electron chi connectivity index (χ3n) is 7.27. The molecule has 0 spiro atoms. The van der Waals surface area contributed by atoms with Gasteiger partial charge < -0.3 is 10.2 Å². The molecule has 0 bridgehead atoms. The normalized spacial score (nSPS) is 11.9. The predicted octanol–water partition coefficient (Wildman–Crippen LogP) is 5.89. The van der Waals surface area contributed by atoms with Crippen molar-refractivity contribution in [2.75, 3.05) is 17.4 Å². The molecule has 1 N–H and O–H groups in total. The maximum absolute atomic E-state index is 15.2. The second-order valence-electron chi connectivity index (χ2n) is 10.6. The second-order valence-corrected chi connectivity index (χ2v) is 12.5. The van der Waals surface area contributed by atoms with Crippen LogP contribution in [0.25, 0.3) is 0 Å². The number of carbonyl (C=O) groups excluding carboxylic acids is 2. The van der Waals surface area contributed by atoms with E-state index in [0.717, 1.165) is 39.9 Å². The molecular weight excluding hydrogens is 577 g/mol. The molecule has 4 aromatic rings. The molecule has 0 aromatic heterocycles. The van der Waals surface area contributed by atoms with Gasteiger partial charge in [-0.05, 0) is 48.7 Å². The number of benzene rings is 4. The minimum absolute atomic E-state index is 0.0513. The molecule has 0 saturated heterocycles. The third kappa shape index (κ3) is 8.32. The summed E-state index contributed by atoms with van der Waals surface area (Å²) in [6, 6.07) is 29.0. The molecule has 0 aliphatic heterocycles. The number of carbonyl (C=O) groups is 2. The van der Waals surface area contributed by atoms with Gasteiger partial charge in [0, 0.05) is 19.5 Å². The highest BCUT2D eigenvalue weighted by atomic mass is 32.2. The summed E-state index contributed by atoms with van der Waals surface area (Å²) in [6.07, 6.45) is 1.86. The highest BCUT2D eigenvalue weighted by Crippen LogP contribution is 2.27. The molecule has 9 heteroatoms. The summed E-state index contributed by atoms with van der Waals surface area (Å²) in [7, 11) is -4.36. The predicted molar refractivity (Wildman–Crippen MR) is 171 cm³/mol. The van der Waals surface area contributed by atoms with E-state index in [1.54, 1.807) is 18.2 Å². The van der Waals surface area contributed by atoms with Gasteiger partial charge in [-0.2, -0.15) is 0 Å². The van der Waals surface area contributed by atoms with Crippen molar-refractivity contribution in [3.63, 3.8) is 0 Å². The Kier molecular flexibility index (Phi) is 11.3. The average molecular weight is 616 g/mol. The summed E-state index contributed by atoms with van der Waals surface area (Å²) in [4.78, 5) is 29.5. The highest BCUT2D eigenvalue weighted by molar-refractivity contribution is 7.92. The van der Waals surface area contributed by atoms with Crippen LogP contribution < -0.4 is 9.62 Å². The van der Waals surface area contributed by atoms with Crippen molar-refractivity contribution in [2.45, 2.75) is 50.6 Å². The molecule has 0 radical (unpaired) electrons. The number of aryl methyl sites for hydroxylation is 1. The number of nitrogens with one attached hydrogen (secondary N) is 1. The molecule has 4 rings (SSSR count). The van der Waals surface area contributed by atoms with Gasteiger partial charge in [0.15, 0.2) is 0 Å². The summed E-state index contributed by atoms with van der Waals surface area (Å²) >= 11 is 0. The number of rotatable bonds is 14. The van der Waals surface area contributed by atoms with Crippen LogP contribution in [0.2, 0.25) is 0 Å². The first-order valence-corrected chi connectivity index (χ1v) is 16.1. The Bertz CT molecular complexity index is 1650. The first-order chi connectivity index (χ1) is 21.2. The van der Waals surface area contributed by atoms with E-state index in [0.29, 0.717) is 6.54 Å². The molecule has 4 aromatic carbocycles. The average Bonchev–Trinajstić information content (AvgIpc) is 3.03. The number of amides is 2. The SMILES string of the molecule is CCCCNC(=O)[C@H](Cc1ccccc1)N(Cc1cccc(C)c1)C(=O)CN(c1ccccc1F)S(=O)(=O)c1ccccc1. The Morgan fingerprint density at radius 2 is 1.48 bits per heavy atom. The van der Waals surface area contributed by atoms with Gasteiger partial charge in [-0.15, -0.1) is 0 Å². The lowest BCUT2D eigenvalue weighted by Gasteiger charge is -2.34. The third-order valence-corrected chi connectivity index (χ3v) is 9.04. The smallest absolute Gasteiger partial charge is 0.264 e. The number of hydrogen-bond donors (Lipinski definition) is 1. The van der Waals surface area contributed by atoms with Crippen LogP contribution in [-0.4, -0.2) is 44.3 Å². The number of para-hydroxylation sites is 1. The minimum atomic E-state index is -4.36. The van der Waals surface area contributed by atoms with E-state index in [-0.39, 0.29) is 29.5 Å². The molecule has 44 heavy (non-hydrogen) atoms. The van der Waals surface area contributed by atoms with E-state index < -0.39 is 34.3 Å². The molecule has 0 heterocycles. The van der Waals surface area contributed by atoms with Crippen LogP contribution >= 0.6 is 0 Å². The molecular formula is C35H38FN3O4S. The fourth-order valence-corrected chi connectivity index (χ4v) is 6.40. The van der Waals surface area contributed by atoms with Gasteiger partial charge in [-0.3, -0.25) is 13.9 Å². The molecule has 0 saturated carbocycles. The summed E-state index contributed by atoms with van der Waals surface area (Å²) in [5, 5.41) is 2.96. The van der Waals surface area contributed by atoms with Gasteiger partial charge in [-0.25, -0.2) is 12.8 Å². The van der Waals surface area contributed by atoms with Gasteiger partial charge >= 0.3 is 0 Å². The molecule has 0 aliphatic rings. The van der Waals surface area contributed by atoms with E-state index in [9.17, 15) is 18.0 Å². The van der Waals surface area contributed by atoms with Crippen LogP contribution in [0.1, 0.15) is 36.5 Å². The van der Waals surface area contributed by atoms with Crippen molar-refractivity contribution in [1.82, 2.24) is 10.2 Å². The second kappa shape index (κ2) is 15.3. The van der Waals surface area contributed by atoms with Gasteiger partial charge in [0.1, 0.15) is 18.4 Å². The molecule has 1 atom stereocenters. The first-order valence-electron chi connectivity index (χ1n) is 14.7. The van der Waals surface area contributed by atoms with Crippen LogP contribution in [0.3, 0.4) is 0 Å². The maximum atomic E-state index is 15.2. The lowest BCUT2D eigenvalue weighted by atomic mass is 10.0. The molecule has 2 amide bonds. The Morgan fingerprint density at radius 3 is 2.14 bits per heavy atom. The van der Waals surface area contributed by atoms with E-state index >= 15 is 4.39 Å². The Labute approximate surface area is 259 Å². The van der Waals surface area contributed by atoms with Crippen molar-refractivity contribution in [3.8, 4) is 0 Å². The van der Waals surface area contributed by atoms with Crippen molar-refractivity contribution >= 4 is 27.5 Å².